The first-order chi connectivity index (χ1) is 6.83. The van der Waals surface area contributed by atoms with Gasteiger partial charge < -0.3 is 5.73 Å². The van der Waals surface area contributed by atoms with Crippen LogP contribution in [0, 0.1) is 13.8 Å². The van der Waals surface area contributed by atoms with E-state index in [0.29, 0.717) is 12.4 Å². The van der Waals surface area contributed by atoms with E-state index in [1.54, 1.807) is 0 Å². The van der Waals surface area contributed by atoms with E-state index in [0.717, 1.165) is 23.2 Å². The molecule has 0 atom stereocenters. The summed E-state index contributed by atoms with van der Waals surface area (Å²) in [6, 6.07) is 0. The Morgan fingerprint density at radius 2 is 1.67 bits per heavy atom. The van der Waals surface area contributed by atoms with Crippen molar-refractivity contribution in [3.63, 3.8) is 0 Å². The number of sulfone groups is 1. The first-order valence-electron chi connectivity index (χ1n) is 4.54. The van der Waals surface area contributed by atoms with Gasteiger partial charge in [0.1, 0.15) is 11.6 Å². The SMILES string of the molecule is Cc1nc(CS(C)(=O)=O)nc(C)c1CN. The van der Waals surface area contributed by atoms with Gasteiger partial charge in [0.05, 0.1) is 0 Å². The van der Waals surface area contributed by atoms with E-state index in [1.807, 2.05) is 13.8 Å². The quantitative estimate of drug-likeness (QED) is 0.794. The summed E-state index contributed by atoms with van der Waals surface area (Å²) in [5, 5.41) is 0. The maximum atomic E-state index is 11.1. The normalized spacial score (nSPS) is 11.7. The largest absolute Gasteiger partial charge is 0.326 e. The van der Waals surface area contributed by atoms with Crippen molar-refractivity contribution in [3.8, 4) is 0 Å². The van der Waals surface area contributed by atoms with Gasteiger partial charge in [0.25, 0.3) is 0 Å². The van der Waals surface area contributed by atoms with Crippen LogP contribution < -0.4 is 5.73 Å². The highest BCUT2D eigenvalue weighted by atomic mass is 32.2. The van der Waals surface area contributed by atoms with Crippen LogP contribution in [0.25, 0.3) is 0 Å². The van der Waals surface area contributed by atoms with Crippen molar-refractivity contribution >= 4 is 9.84 Å². The van der Waals surface area contributed by atoms with E-state index in [-0.39, 0.29) is 5.75 Å². The maximum absolute atomic E-state index is 11.1. The van der Waals surface area contributed by atoms with Gasteiger partial charge in [-0.2, -0.15) is 0 Å². The third-order valence-corrected chi connectivity index (χ3v) is 2.84. The molecule has 1 aromatic heterocycles. The van der Waals surface area contributed by atoms with Crippen LogP contribution in [0.15, 0.2) is 0 Å². The van der Waals surface area contributed by atoms with E-state index in [2.05, 4.69) is 9.97 Å². The fourth-order valence-corrected chi connectivity index (χ4v) is 2.00. The molecule has 84 valence electrons. The maximum Gasteiger partial charge on any atom is 0.154 e. The minimum absolute atomic E-state index is 0.125. The van der Waals surface area contributed by atoms with Crippen LogP contribution in [0.3, 0.4) is 0 Å². The van der Waals surface area contributed by atoms with E-state index >= 15 is 0 Å². The number of nitrogens with zero attached hydrogens (tertiary/aromatic N) is 2. The Labute approximate surface area is 89.7 Å². The highest BCUT2D eigenvalue weighted by molar-refractivity contribution is 7.89. The van der Waals surface area contributed by atoms with Crippen molar-refractivity contribution in [1.82, 2.24) is 9.97 Å². The van der Waals surface area contributed by atoms with Gasteiger partial charge in [-0.25, -0.2) is 18.4 Å². The van der Waals surface area contributed by atoms with Gasteiger partial charge >= 0.3 is 0 Å². The Bertz CT molecular complexity index is 445. The highest BCUT2D eigenvalue weighted by Gasteiger charge is 2.11. The van der Waals surface area contributed by atoms with Crippen LogP contribution in [0.5, 0.6) is 0 Å². The van der Waals surface area contributed by atoms with Crippen molar-refractivity contribution in [2.75, 3.05) is 6.26 Å². The molecule has 5 nitrogen and oxygen atoms in total. The predicted octanol–water partition coefficient (Wildman–Crippen LogP) is 0.0967. The summed E-state index contributed by atoms with van der Waals surface area (Å²) in [6.45, 7) is 3.99. The molecule has 0 amide bonds. The number of hydrogen-bond acceptors (Lipinski definition) is 5. The Morgan fingerprint density at radius 3 is 2.00 bits per heavy atom. The van der Waals surface area contributed by atoms with Crippen LogP contribution in [0.4, 0.5) is 0 Å². The summed E-state index contributed by atoms with van der Waals surface area (Å²) in [5.41, 5.74) is 7.92. The van der Waals surface area contributed by atoms with Gasteiger partial charge in [-0.15, -0.1) is 0 Å². The van der Waals surface area contributed by atoms with Crippen LogP contribution >= 0.6 is 0 Å². The Morgan fingerprint density at radius 1 is 1.20 bits per heavy atom. The molecule has 0 aliphatic carbocycles. The lowest BCUT2D eigenvalue weighted by Gasteiger charge is -2.08. The minimum atomic E-state index is -3.09. The molecule has 0 aliphatic rings. The summed E-state index contributed by atoms with van der Waals surface area (Å²) >= 11 is 0. The molecule has 0 unspecified atom stereocenters. The zero-order chi connectivity index (χ0) is 11.6. The number of aromatic nitrogens is 2. The zero-order valence-corrected chi connectivity index (χ0v) is 9.93. The summed E-state index contributed by atoms with van der Waals surface area (Å²) in [4.78, 5) is 8.24. The fraction of sp³-hybridized carbons (Fsp3) is 0.556. The van der Waals surface area contributed by atoms with E-state index in [9.17, 15) is 8.42 Å². The summed E-state index contributed by atoms with van der Waals surface area (Å²) in [6.07, 6.45) is 1.16. The average Bonchev–Trinajstić information content (AvgIpc) is 1.99. The highest BCUT2D eigenvalue weighted by Crippen LogP contribution is 2.10. The summed E-state index contributed by atoms with van der Waals surface area (Å²) < 4.78 is 22.1. The molecular weight excluding hydrogens is 214 g/mol. The van der Waals surface area contributed by atoms with E-state index < -0.39 is 9.84 Å². The smallest absolute Gasteiger partial charge is 0.154 e. The van der Waals surface area contributed by atoms with Crippen molar-refractivity contribution in [1.29, 1.82) is 0 Å². The second-order valence-corrected chi connectivity index (χ2v) is 5.70. The lowest BCUT2D eigenvalue weighted by Crippen LogP contribution is -2.11. The Kier molecular flexibility index (Phi) is 3.41. The predicted molar refractivity (Wildman–Crippen MR) is 57.9 cm³/mol. The molecule has 0 radical (unpaired) electrons. The topological polar surface area (TPSA) is 85.9 Å². The van der Waals surface area contributed by atoms with Gasteiger partial charge in [-0.1, -0.05) is 0 Å². The fourth-order valence-electron chi connectivity index (χ4n) is 1.40. The first kappa shape index (κ1) is 12.1. The number of aryl methyl sites for hydroxylation is 2. The average molecular weight is 229 g/mol. The molecule has 0 spiro atoms. The standard InChI is InChI=1S/C9H15N3O2S/c1-6-8(4-10)7(2)12-9(11-6)5-15(3,13)14/h4-5,10H2,1-3H3. The monoisotopic (exact) mass is 229 g/mol. The molecule has 1 aromatic rings. The Balaban J connectivity index is 3.15. The van der Waals surface area contributed by atoms with Crippen LogP contribution in [-0.4, -0.2) is 24.6 Å². The van der Waals surface area contributed by atoms with Crippen molar-refractivity contribution in [2.24, 2.45) is 5.73 Å². The molecule has 6 heteroatoms. The zero-order valence-electron chi connectivity index (χ0n) is 9.11. The molecule has 0 aromatic carbocycles. The number of hydrogen-bond donors (Lipinski definition) is 1. The molecule has 0 bridgehead atoms. The molecule has 1 rings (SSSR count). The number of nitrogens with two attached hydrogens (primary N) is 1. The van der Waals surface area contributed by atoms with Crippen LogP contribution in [-0.2, 0) is 22.1 Å². The van der Waals surface area contributed by atoms with Gasteiger partial charge in [0.2, 0.25) is 0 Å². The van der Waals surface area contributed by atoms with Crippen LogP contribution in [0.2, 0.25) is 0 Å². The molecule has 1 heterocycles. The van der Waals surface area contributed by atoms with E-state index in [1.165, 1.54) is 0 Å². The van der Waals surface area contributed by atoms with E-state index in [4.69, 9.17) is 5.73 Å². The van der Waals surface area contributed by atoms with Crippen LogP contribution in [0.1, 0.15) is 22.8 Å². The second kappa shape index (κ2) is 4.24. The Hall–Kier alpha value is -1.01. The van der Waals surface area contributed by atoms with Gasteiger partial charge in [-0.05, 0) is 13.8 Å². The third-order valence-electron chi connectivity index (χ3n) is 2.06. The first-order valence-corrected chi connectivity index (χ1v) is 6.60. The molecule has 2 N–H and O–H groups in total. The minimum Gasteiger partial charge on any atom is -0.326 e. The number of rotatable bonds is 3. The molecular formula is C9H15N3O2S. The molecule has 15 heavy (non-hydrogen) atoms. The molecule has 0 saturated heterocycles. The molecule has 0 aliphatic heterocycles. The third kappa shape index (κ3) is 3.24. The van der Waals surface area contributed by atoms with Gasteiger partial charge in [0, 0.05) is 29.8 Å². The molecule has 0 fully saturated rings. The summed E-state index contributed by atoms with van der Waals surface area (Å²) in [5.74, 6) is 0.212. The lowest BCUT2D eigenvalue weighted by atomic mass is 10.2. The molecule has 0 saturated carbocycles. The summed E-state index contributed by atoms with van der Waals surface area (Å²) in [7, 11) is -3.09. The van der Waals surface area contributed by atoms with Gasteiger partial charge in [0.15, 0.2) is 9.84 Å². The van der Waals surface area contributed by atoms with Crippen molar-refractivity contribution in [2.45, 2.75) is 26.1 Å². The van der Waals surface area contributed by atoms with Gasteiger partial charge in [-0.3, -0.25) is 0 Å². The van der Waals surface area contributed by atoms with Crippen molar-refractivity contribution < 1.29 is 8.42 Å². The van der Waals surface area contributed by atoms with Crippen molar-refractivity contribution in [3.05, 3.63) is 22.8 Å². The second-order valence-electron chi connectivity index (χ2n) is 3.56. The lowest BCUT2D eigenvalue weighted by molar-refractivity contribution is 0.599.